The van der Waals surface area contributed by atoms with Crippen LogP contribution >= 0.6 is 0 Å². The molecule has 170 valence electrons. The zero-order valence-electron chi connectivity index (χ0n) is 18.1. The number of carbonyl (C=O) groups excluding carboxylic acids is 1. The van der Waals surface area contributed by atoms with Gasteiger partial charge in [0, 0.05) is 12.1 Å². The average Bonchev–Trinajstić information content (AvgIpc) is 3.39. The van der Waals surface area contributed by atoms with Crippen LogP contribution in [0.5, 0.6) is 17.2 Å². The van der Waals surface area contributed by atoms with E-state index in [1.54, 1.807) is 0 Å². The van der Waals surface area contributed by atoms with Crippen molar-refractivity contribution in [1.82, 2.24) is 10.6 Å². The lowest BCUT2D eigenvalue weighted by Gasteiger charge is -2.24. The van der Waals surface area contributed by atoms with Crippen molar-refractivity contribution in [2.75, 3.05) is 13.2 Å². The maximum Gasteiger partial charge on any atom is 0.315 e. The van der Waals surface area contributed by atoms with Gasteiger partial charge in [-0.15, -0.1) is 0 Å². The average molecular weight is 439 g/mol. The molecule has 0 spiro atoms. The van der Waals surface area contributed by atoms with Crippen LogP contribution < -0.4 is 20.1 Å². The van der Waals surface area contributed by atoms with Crippen LogP contribution in [0.2, 0.25) is 0 Å². The summed E-state index contributed by atoms with van der Waals surface area (Å²) in [6.45, 7) is 0.839. The highest BCUT2D eigenvalue weighted by molar-refractivity contribution is 5.74. The maximum atomic E-state index is 12.4. The van der Waals surface area contributed by atoms with Crippen molar-refractivity contribution in [2.45, 2.75) is 62.5 Å². The van der Waals surface area contributed by atoms with Crippen LogP contribution in [0.1, 0.15) is 32.1 Å². The van der Waals surface area contributed by atoms with Crippen LogP contribution in [-0.4, -0.2) is 49.6 Å². The molecule has 0 aromatic heterocycles. The fraction of sp³-hybridized carbons (Fsp3) is 0.480. The fourth-order valence-electron chi connectivity index (χ4n) is 4.74. The first kappa shape index (κ1) is 21.1. The fourth-order valence-corrected chi connectivity index (χ4v) is 4.74. The lowest BCUT2D eigenvalue weighted by Crippen LogP contribution is -2.51. The minimum Gasteiger partial charge on any atom is -0.485 e. The number of benzene rings is 2. The summed E-state index contributed by atoms with van der Waals surface area (Å²) >= 11 is 0. The van der Waals surface area contributed by atoms with Gasteiger partial charge in [-0.05, 0) is 37.1 Å². The predicted molar refractivity (Wildman–Crippen MR) is 119 cm³/mol. The molecule has 2 aromatic carbocycles. The normalized spacial score (nSPS) is 27.5. The van der Waals surface area contributed by atoms with Gasteiger partial charge in [-0.3, -0.25) is 0 Å². The molecule has 7 heteroatoms. The summed E-state index contributed by atoms with van der Waals surface area (Å²) < 4.78 is 24.0. The second kappa shape index (κ2) is 9.79. The summed E-state index contributed by atoms with van der Waals surface area (Å²) in [4.78, 5) is 12.4. The molecule has 2 N–H and O–H groups in total. The van der Waals surface area contributed by atoms with Gasteiger partial charge in [0.15, 0.2) is 6.10 Å². The predicted octanol–water partition coefficient (Wildman–Crippen LogP) is 4.02. The van der Waals surface area contributed by atoms with E-state index < -0.39 is 0 Å². The molecule has 32 heavy (non-hydrogen) atoms. The van der Waals surface area contributed by atoms with Crippen molar-refractivity contribution in [1.29, 1.82) is 0 Å². The van der Waals surface area contributed by atoms with Crippen molar-refractivity contribution in [3.63, 3.8) is 0 Å². The molecule has 0 unspecified atom stereocenters. The number of carbonyl (C=O) groups is 1. The Bertz CT molecular complexity index is 902. The summed E-state index contributed by atoms with van der Waals surface area (Å²) in [5, 5.41) is 6.14. The third-order valence-corrected chi connectivity index (χ3v) is 6.34. The minimum absolute atomic E-state index is 0.134. The van der Waals surface area contributed by atoms with Gasteiger partial charge in [-0.25, -0.2) is 4.79 Å². The van der Waals surface area contributed by atoms with Crippen LogP contribution in [0.15, 0.2) is 54.6 Å². The van der Waals surface area contributed by atoms with Gasteiger partial charge in [-0.2, -0.15) is 0 Å². The molecule has 0 bridgehead atoms. The molecule has 5 rings (SSSR count). The maximum absolute atomic E-state index is 12.4. The molecule has 0 radical (unpaired) electrons. The molecular weight excluding hydrogens is 408 g/mol. The smallest absolute Gasteiger partial charge is 0.315 e. The highest BCUT2D eigenvalue weighted by Gasteiger charge is 2.49. The monoisotopic (exact) mass is 438 g/mol. The van der Waals surface area contributed by atoms with Gasteiger partial charge in [0.1, 0.15) is 29.5 Å². The van der Waals surface area contributed by atoms with E-state index in [9.17, 15) is 4.79 Å². The van der Waals surface area contributed by atoms with Crippen LogP contribution in [0.3, 0.4) is 0 Å². The third kappa shape index (κ3) is 5.00. The number of nitrogens with one attached hydrogen (secondary N) is 2. The third-order valence-electron chi connectivity index (χ3n) is 6.34. The van der Waals surface area contributed by atoms with Gasteiger partial charge in [0.25, 0.3) is 0 Å². The molecule has 7 nitrogen and oxygen atoms in total. The summed E-state index contributed by atoms with van der Waals surface area (Å²) in [5.41, 5.74) is 0. The van der Waals surface area contributed by atoms with E-state index in [4.69, 9.17) is 18.9 Å². The minimum atomic E-state index is -0.236. The first-order valence-electron chi connectivity index (χ1n) is 11.5. The number of hydrogen-bond acceptors (Lipinski definition) is 5. The highest BCUT2D eigenvalue weighted by Crippen LogP contribution is 2.32. The Morgan fingerprint density at radius 1 is 0.812 bits per heavy atom. The quantitative estimate of drug-likeness (QED) is 0.712. The second-order valence-corrected chi connectivity index (χ2v) is 8.70. The number of fused-ring (bicyclic) bond motifs is 1. The van der Waals surface area contributed by atoms with Crippen molar-refractivity contribution in [3.8, 4) is 17.2 Å². The van der Waals surface area contributed by atoms with Crippen molar-refractivity contribution < 1.29 is 23.7 Å². The SMILES string of the molecule is O=C(NC1CCCCC1)N[C@H]1CO[C@H]2[C@@H]1OC[C@@H]2Oc1cccc(Oc2ccccc2)c1. The van der Waals surface area contributed by atoms with E-state index in [0.29, 0.717) is 24.7 Å². The van der Waals surface area contributed by atoms with Gasteiger partial charge < -0.3 is 29.6 Å². The van der Waals surface area contributed by atoms with Gasteiger partial charge >= 0.3 is 6.03 Å². The zero-order chi connectivity index (χ0) is 21.8. The van der Waals surface area contributed by atoms with E-state index in [1.165, 1.54) is 19.3 Å². The molecule has 2 aliphatic heterocycles. The van der Waals surface area contributed by atoms with E-state index >= 15 is 0 Å². The topological polar surface area (TPSA) is 78.1 Å². The Hall–Kier alpha value is -2.77. The Morgan fingerprint density at radius 3 is 2.41 bits per heavy atom. The Morgan fingerprint density at radius 2 is 1.56 bits per heavy atom. The number of urea groups is 1. The summed E-state index contributed by atoms with van der Waals surface area (Å²) in [6, 6.07) is 17.2. The molecule has 2 heterocycles. The standard InChI is InChI=1S/C25H30N2O5/c28-25(26-17-8-3-1-4-9-17)27-21-15-29-24-22(16-30-23(21)24)32-20-13-7-12-19(14-20)31-18-10-5-2-6-11-18/h2,5-7,10-14,17,21-24H,1,3-4,8-9,15-16H2,(H2,26,27,28)/t21-,22-,23+,24+/m0/s1. The lowest BCUT2D eigenvalue weighted by molar-refractivity contribution is 0.0303. The van der Waals surface area contributed by atoms with E-state index in [-0.39, 0.29) is 36.4 Å². The Kier molecular flexibility index (Phi) is 6.46. The van der Waals surface area contributed by atoms with Crippen molar-refractivity contribution >= 4 is 6.03 Å². The first-order chi connectivity index (χ1) is 15.7. The zero-order valence-corrected chi connectivity index (χ0v) is 18.1. The molecule has 1 saturated carbocycles. The Labute approximate surface area is 188 Å². The summed E-state index contributed by atoms with van der Waals surface area (Å²) in [7, 11) is 0. The molecule has 2 aromatic rings. The number of amides is 2. The molecule has 2 amide bonds. The van der Waals surface area contributed by atoms with Gasteiger partial charge in [-0.1, -0.05) is 43.5 Å². The second-order valence-electron chi connectivity index (χ2n) is 8.70. The Balaban J connectivity index is 1.15. The molecule has 4 atom stereocenters. The van der Waals surface area contributed by atoms with Crippen LogP contribution in [0.4, 0.5) is 4.79 Å². The van der Waals surface area contributed by atoms with E-state index in [0.717, 1.165) is 18.6 Å². The van der Waals surface area contributed by atoms with Crippen LogP contribution in [0, 0.1) is 0 Å². The van der Waals surface area contributed by atoms with E-state index in [1.807, 2.05) is 54.6 Å². The summed E-state index contributed by atoms with van der Waals surface area (Å²) in [6.07, 6.45) is 5.08. The van der Waals surface area contributed by atoms with Crippen LogP contribution in [0.25, 0.3) is 0 Å². The van der Waals surface area contributed by atoms with E-state index in [2.05, 4.69) is 10.6 Å². The number of hydrogen-bond donors (Lipinski definition) is 2. The molecular formula is C25H30N2O5. The van der Waals surface area contributed by atoms with Crippen LogP contribution in [-0.2, 0) is 9.47 Å². The first-order valence-corrected chi connectivity index (χ1v) is 11.5. The number of rotatable bonds is 6. The molecule has 3 fully saturated rings. The summed E-state index contributed by atoms with van der Waals surface area (Å²) in [5.74, 6) is 2.17. The van der Waals surface area contributed by atoms with Crippen molar-refractivity contribution in [3.05, 3.63) is 54.6 Å². The number of ether oxygens (including phenoxy) is 4. The number of para-hydroxylation sites is 1. The molecule has 3 aliphatic rings. The molecule has 2 saturated heterocycles. The largest absolute Gasteiger partial charge is 0.485 e. The van der Waals surface area contributed by atoms with Gasteiger partial charge in [0.05, 0.1) is 19.3 Å². The lowest BCUT2D eigenvalue weighted by atomic mass is 9.96. The van der Waals surface area contributed by atoms with Crippen molar-refractivity contribution in [2.24, 2.45) is 0 Å². The van der Waals surface area contributed by atoms with Gasteiger partial charge in [0.2, 0.25) is 0 Å². The molecule has 1 aliphatic carbocycles. The highest BCUT2D eigenvalue weighted by atomic mass is 16.6.